The second-order valence-corrected chi connectivity index (χ2v) is 7.19. The third kappa shape index (κ3) is 1.78. The Balaban J connectivity index is 1.31. The van der Waals surface area contributed by atoms with E-state index in [0.29, 0.717) is 6.04 Å². The average Bonchev–Trinajstić information content (AvgIpc) is 3.25. The highest BCUT2D eigenvalue weighted by Crippen LogP contribution is 2.58. The fourth-order valence-corrected chi connectivity index (χ4v) is 5.54. The number of hydrogen-bond donors (Lipinski definition) is 1. The number of fused-ring (bicyclic) bond motifs is 6. The smallest absolute Gasteiger partial charge is 0.160 e. The van der Waals surface area contributed by atoms with Gasteiger partial charge in [0, 0.05) is 12.2 Å². The minimum Gasteiger partial charge on any atom is -0.307 e. The summed E-state index contributed by atoms with van der Waals surface area (Å²) in [5, 5.41) is 12.4. The van der Waals surface area contributed by atoms with Gasteiger partial charge in [-0.1, -0.05) is 12.5 Å². The molecule has 1 N–H and O–H groups in total. The largest absolute Gasteiger partial charge is 0.307 e. The van der Waals surface area contributed by atoms with Gasteiger partial charge >= 0.3 is 0 Å². The number of pyridine rings is 1. The van der Waals surface area contributed by atoms with Crippen LogP contribution in [0.2, 0.25) is 0 Å². The summed E-state index contributed by atoms with van der Waals surface area (Å²) in [5.41, 5.74) is 0.943. The first-order valence-electron chi connectivity index (χ1n) is 8.42. The van der Waals surface area contributed by atoms with Crippen molar-refractivity contribution in [3.05, 3.63) is 30.2 Å². The third-order valence-electron chi connectivity index (χ3n) is 6.34. The summed E-state index contributed by atoms with van der Waals surface area (Å²) in [4.78, 5) is 0. The van der Waals surface area contributed by atoms with Crippen molar-refractivity contribution in [1.29, 1.82) is 0 Å². The van der Waals surface area contributed by atoms with E-state index in [9.17, 15) is 0 Å². The van der Waals surface area contributed by atoms with E-state index in [1.165, 1.54) is 32.1 Å². The van der Waals surface area contributed by atoms with Gasteiger partial charge in [-0.15, -0.1) is 10.2 Å². The third-order valence-corrected chi connectivity index (χ3v) is 6.34. The summed E-state index contributed by atoms with van der Waals surface area (Å²) in [5.74, 6) is 5.08. The predicted molar refractivity (Wildman–Crippen MR) is 80.7 cm³/mol. The van der Waals surface area contributed by atoms with Gasteiger partial charge in [0.05, 0.1) is 6.54 Å². The Hall–Kier alpha value is -1.42. The van der Waals surface area contributed by atoms with Crippen molar-refractivity contribution in [2.75, 3.05) is 0 Å². The number of nitrogens with zero attached hydrogens (tertiary/aromatic N) is 3. The van der Waals surface area contributed by atoms with E-state index in [2.05, 4.69) is 26.1 Å². The lowest BCUT2D eigenvalue weighted by Gasteiger charge is -2.32. The van der Waals surface area contributed by atoms with Crippen LogP contribution in [0.15, 0.2) is 24.4 Å². The number of hydrogen-bond acceptors (Lipinski definition) is 3. The molecule has 0 saturated heterocycles. The van der Waals surface area contributed by atoms with Crippen molar-refractivity contribution in [2.45, 2.75) is 44.7 Å². The highest BCUT2D eigenvalue weighted by molar-refractivity contribution is 5.36. The van der Waals surface area contributed by atoms with Gasteiger partial charge in [0.2, 0.25) is 0 Å². The summed E-state index contributed by atoms with van der Waals surface area (Å²) in [6, 6.07) is 6.78. The van der Waals surface area contributed by atoms with Crippen LogP contribution in [0.4, 0.5) is 0 Å². The summed E-state index contributed by atoms with van der Waals surface area (Å²) in [7, 11) is 0. The molecule has 110 valence electrons. The number of aromatic nitrogens is 3. The molecule has 5 atom stereocenters. The molecule has 4 heteroatoms. The molecule has 0 unspecified atom stereocenters. The van der Waals surface area contributed by atoms with Crippen LogP contribution >= 0.6 is 0 Å². The van der Waals surface area contributed by atoms with E-state index >= 15 is 0 Å². The maximum absolute atomic E-state index is 4.34. The fraction of sp³-hybridized carbons (Fsp3) is 0.647. The molecule has 3 saturated carbocycles. The fourth-order valence-electron chi connectivity index (χ4n) is 5.54. The van der Waals surface area contributed by atoms with Crippen LogP contribution in [0.5, 0.6) is 0 Å². The van der Waals surface area contributed by atoms with Crippen molar-refractivity contribution in [3.63, 3.8) is 0 Å². The van der Waals surface area contributed by atoms with Crippen molar-refractivity contribution in [2.24, 2.45) is 23.7 Å². The number of nitrogens with one attached hydrogen (secondary N) is 1. The molecule has 0 radical (unpaired) electrons. The molecule has 2 heterocycles. The molecule has 2 bridgehead atoms. The van der Waals surface area contributed by atoms with Crippen molar-refractivity contribution < 1.29 is 0 Å². The Morgan fingerprint density at radius 1 is 1.10 bits per heavy atom. The monoisotopic (exact) mass is 282 g/mol. The molecule has 21 heavy (non-hydrogen) atoms. The Morgan fingerprint density at radius 3 is 3.05 bits per heavy atom. The van der Waals surface area contributed by atoms with Gasteiger partial charge in [-0.25, -0.2) is 0 Å². The Bertz CT molecular complexity index is 664. The first kappa shape index (κ1) is 12.2. The zero-order chi connectivity index (χ0) is 13.8. The van der Waals surface area contributed by atoms with E-state index in [4.69, 9.17) is 0 Å². The second kappa shape index (κ2) is 4.54. The number of rotatable bonds is 3. The Kier molecular flexibility index (Phi) is 2.63. The van der Waals surface area contributed by atoms with E-state index in [1.54, 1.807) is 0 Å². The van der Waals surface area contributed by atoms with Gasteiger partial charge in [-0.3, -0.25) is 4.40 Å². The molecule has 3 aliphatic carbocycles. The molecule has 4 nitrogen and oxygen atoms in total. The average molecular weight is 282 g/mol. The van der Waals surface area contributed by atoms with Crippen LogP contribution in [0.25, 0.3) is 5.65 Å². The van der Waals surface area contributed by atoms with E-state index in [0.717, 1.165) is 41.7 Å². The molecule has 0 aliphatic heterocycles. The zero-order valence-electron chi connectivity index (χ0n) is 12.3. The standard InChI is InChI=1S/C17H22N4/c1-2-7-21-16(6-1)19-20-17(21)10-18-15-9-11-8-14(15)13-5-3-4-12(11)13/h1-2,6-7,11-15,18H,3-5,8-10H2/t11-,12-,13-,14+,15-/m1/s1. The first-order valence-corrected chi connectivity index (χ1v) is 8.42. The first-order chi connectivity index (χ1) is 10.4. The summed E-state index contributed by atoms with van der Waals surface area (Å²) in [6.45, 7) is 0.844. The summed E-state index contributed by atoms with van der Waals surface area (Å²) >= 11 is 0. The lowest BCUT2D eigenvalue weighted by Crippen LogP contribution is -2.39. The van der Waals surface area contributed by atoms with Gasteiger partial charge in [0.15, 0.2) is 11.5 Å². The van der Waals surface area contributed by atoms with E-state index < -0.39 is 0 Å². The van der Waals surface area contributed by atoms with Gasteiger partial charge in [0.1, 0.15) is 0 Å². The van der Waals surface area contributed by atoms with Crippen LogP contribution in [0.3, 0.4) is 0 Å². The molecular weight excluding hydrogens is 260 g/mol. The molecule has 0 aromatic carbocycles. The van der Waals surface area contributed by atoms with E-state index in [1.807, 2.05) is 18.2 Å². The molecule has 2 aromatic rings. The molecule has 0 amide bonds. The van der Waals surface area contributed by atoms with Crippen molar-refractivity contribution >= 4 is 5.65 Å². The Labute approximate surface area is 125 Å². The van der Waals surface area contributed by atoms with Crippen LogP contribution in [-0.2, 0) is 6.54 Å². The topological polar surface area (TPSA) is 42.2 Å². The lowest BCUT2D eigenvalue weighted by atomic mass is 9.79. The normalized spacial score (nSPS) is 37.4. The SMILES string of the molecule is c1ccn2c(CN[C@@H]3C[C@H]4C[C@H]3[C@@H]3CCC[C@H]43)nnc2c1. The van der Waals surface area contributed by atoms with Gasteiger partial charge in [0.25, 0.3) is 0 Å². The van der Waals surface area contributed by atoms with E-state index in [-0.39, 0.29) is 0 Å². The van der Waals surface area contributed by atoms with Crippen LogP contribution in [-0.4, -0.2) is 20.6 Å². The quantitative estimate of drug-likeness (QED) is 0.941. The zero-order valence-corrected chi connectivity index (χ0v) is 12.3. The maximum atomic E-state index is 4.34. The molecule has 0 spiro atoms. The molecular formula is C17H22N4. The van der Waals surface area contributed by atoms with Crippen LogP contribution < -0.4 is 5.32 Å². The Morgan fingerprint density at radius 2 is 2.05 bits per heavy atom. The minimum atomic E-state index is 0.713. The summed E-state index contributed by atoms with van der Waals surface area (Å²) in [6.07, 6.45) is 9.39. The summed E-state index contributed by atoms with van der Waals surface area (Å²) < 4.78 is 2.10. The highest BCUT2D eigenvalue weighted by atomic mass is 15.3. The van der Waals surface area contributed by atoms with Crippen molar-refractivity contribution in [3.8, 4) is 0 Å². The van der Waals surface area contributed by atoms with Gasteiger partial charge < -0.3 is 5.32 Å². The maximum Gasteiger partial charge on any atom is 0.160 e. The second-order valence-electron chi connectivity index (χ2n) is 7.19. The predicted octanol–water partition coefficient (Wildman–Crippen LogP) is 2.64. The molecule has 3 aliphatic rings. The molecule has 5 rings (SSSR count). The van der Waals surface area contributed by atoms with Gasteiger partial charge in [-0.05, 0) is 61.5 Å². The van der Waals surface area contributed by atoms with Gasteiger partial charge in [-0.2, -0.15) is 0 Å². The van der Waals surface area contributed by atoms with Crippen LogP contribution in [0.1, 0.15) is 37.9 Å². The molecule has 3 fully saturated rings. The lowest BCUT2D eigenvalue weighted by molar-refractivity contribution is 0.207. The van der Waals surface area contributed by atoms with Crippen LogP contribution in [0, 0.1) is 23.7 Å². The minimum absolute atomic E-state index is 0.713. The highest BCUT2D eigenvalue weighted by Gasteiger charge is 2.53. The van der Waals surface area contributed by atoms with Crippen molar-refractivity contribution in [1.82, 2.24) is 19.9 Å². The molecule has 2 aromatic heterocycles.